The maximum atomic E-state index is 12.4. The molecule has 3 aliphatic heterocycles. The monoisotopic (exact) mass is 424 g/mol. The van der Waals surface area contributed by atoms with E-state index in [9.17, 15) is 4.79 Å². The molecule has 1 amide bonds. The minimum absolute atomic E-state index is 0.0935. The average molecular weight is 424 g/mol. The molecule has 2 aromatic rings. The Hall–Kier alpha value is -2.93. The number of carbonyl (C=O) groups excluding carboxylic acids is 1. The van der Waals surface area contributed by atoms with Crippen LogP contribution in [0, 0.1) is 0 Å². The number of amides is 1. The Kier molecular flexibility index (Phi) is 5.59. The van der Waals surface area contributed by atoms with Gasteiger partial charge in [-0.3, -0.25) is 4.90 Å². The highest BCUT2D eigenvalue weighted by Gasteiger charge is 2.34. The first kappa shape index (κ1) is 20.0. The number of ether oxygens (including phenoxy) is 4. The van der Waals surface area contributed by atoms with Gasteiger partial charge in [0.05, 0.1) is 19.3 Å². The third-order valence-electron chi connectivity index (χ3n) is 6.47. The van der Waals surface area contributed by atoms with Gasteiger partial charge < -0.3 is 23.8 Å². The summed E-state index contributed by atoms with van der Waals surface area (Å²) in [5.74, 6) is 2.94. The highest BCUT2D eigenvalue weighted by atomic mass is 16.7. The predicted octanol–water partition coefficient (Wildman–Crippen LogP) is 4.02. The van der Waals surface area contributed by atoms with Crippen molar-refractivity contribution in [2.24, 2.45) is 0 Å². The number of fused-ring (bicyclic) bond motifs is 1. The normalized spacial score (nSPS) is 21.4. The van der Waals surface area contributed by atoms with Gasteiger partial charge in [0.2, 0.25) is 6.79 Å². The van der Waals surface area contributed by atoms with Crippen LogP contribution in [-0.4, -0.2) is 57.2 Å². The van der Waals surface area contributed by atoms with Gasteiger partial charge in [-0.15, -0.1) is 0 Å². The summed E-state index contributed by atoms with van der Waals surface area (Å²) >= 11 is 0. The second-order valence-electron chi connectivity index (χ2n) is 8.31. The van der Waals surface area contributed by atoms with Crippen LogP contribution in [0.25, 0.3) is 0 Å². The number of benzene rings is 2. The first-order chi connectivity index (χ1) is 15.2. The molecule has 3 aliphatic rings. The fraction of sp³-hybridized carbons (Fsp3) is 0.458. The van der Waals surface area contributed by atoms with E-state index in [0.29, 0.717) is 25.0 Å². The van der Waals surface area contributed by atoms with Gasteiger partial charge in [-0.25, -0.2) is 4.79 Å². The highest BCUT2D eigenvalue weighted by Crippen LogP contribution is 2.37. The molecule has 0 radical (unpaired) electrons. The molecule has 0 saturated carbocycles. The number of hydrogen-bond donors (Lipinski definition) is 0. The van der Waals surface area contributed by atoms with Crippen molar-refractivity contribution >= 4 is 11.8 Å². The summed E-state index contributed by atoms with van der Waals surface area (Å²) in [6, 6.07) is 13.9. The van der Waals surface area contributed by atoms with Crippen LogP contribution in [0.1, 0.15) is 30.7 Å². The lowest BCUT2D eigenvalue weighted by atomic mass is 9.89. The van der Waals surface area contributed by atoms with E-state index < -0.39 is 0 Å². The minimum atomic E-state index is -0.295. The molecule has 2 fully saturated rings. The lowest BCUT2D eigenvalue weighted by Gasteiger charge is -2.32. The molecule has 0 aromatic heterocycles. The Morgan fingerprint density at radius 3 is 2.71 bits per heavy atom. The maximum absolute atomic E-state index is 12.4. The molecule has 0 bridgehead atoms. The number of likely N-dealkylation sites (tertiary alicyclic amines) is 1. The van der Waals surface area contributed by atoms with Gasteiger partial charge in [0, 0.05) is 6.54 Å². The summed E-state index contributed by atoms with van der Waals surface area (Å²) in [7, 11) is 1.62. The van der Waals surface area contributed by atoms with Crippen molar-refractivity contribution in [3.8, 4) is 17.2 Å². The SMILES string of the molecule is COc1ccccc1N1CC(CCN2CCC(c3ccc4c(c3)OCO4)CC2)OC1=O. The number of hydrogen-bond acceptors (Lipinski definition) is 6. The van der Waals surface area contributed by atoms with Crippen LogP contribution in [0.5, 0.6) is 17.2 Å². The Morgan fingerprint density at radius 2 is 1.87 bits per heavy atom. The molecule has 3 heterocycles. The van der Waals surface area contributed by atoms with Crippen molar-refractivity contribution < 1.29 is 23.7 Å². The summed E-state index contributed by atoms with van der Waals surface area (Å²) < 4.78 is 22.0. The molecular weight excluding hydrogens is 396 g/mol. The predicted molar refractivity (Wildman–Crippen MR) is 116 cm³/mol. The standard InChI is InChI=1S/C24H28N2O5/c1-28-21-5-3-2-4-20(21)26-15-19(31-24(26)27)10-13-25-11-8-17(9-12-25)18-6-7-22-23(14-18)30-16-29-22/h2-7,14,17,19H,8-13,15-16H2,1H3. The molecule has 1 unspecified atom stereocenters. The Morgan fingerprint density at radius 1 is 1.06 bits per heavy atom. The molecule has 0 N–H and O–H groups in total. The first-order valence-electron chi connectivity index (χ1n) is 10.9. The number of piperidine rings is 1. The van der Waals surface area contributed by atoms with E-state index in [4.69, 9.17) is 18.9 Å². The average Bonchev–Trinajstić information content (AvgIpc) is 3.43. The molecule has 7 nitrogen and oxygen atoms in total. The van der Waals surface area contributed by atoms with Crippen LogP contribution < -0.4 is 19.1 Å². The summed E-state index contributed by atoms with van der Waals surface area (Å²) in [5, 5.41) is 0. The number of nitrogens with zero attached hydrogens (tertiary/aromatic N) is 2. The quantitative estimate of drug-likeness (QED) is 0.698. The Labute approximate surface area is 182 Å². The van der Waals surface area contributed by atoms with Gasteiger partial charge in [-0.05, 0) is 68.1 Å². The van der Waals surface area contributed by atoms with Crippen LogP contribution in [-0.2, 0) is 4.74 Å². The van der Waals surface area contributed by atoms with E-state index >= 15 is 0 Å². The molecule has 2 saturated heterocycles. The summed E-state index contributed by atoms with van der Waals surface area (Å²) in [5.41, 5.74) is 2.10. The van der Waals surface area contributed by atoms with E-state index in [1.54, 1.807) is 12.0 Å². The molecule has 0 spiro atoms. The Bertz CT molecular complexity index is 941. The summed E-state index contributed by atoms with van der Waals surface area (Å²) in [4.78, 5) is 16.6. The fourth-order valence-corrected chi connectivity index (χ4v) is 4.70. The van der Waals surface area contributed by atoms with E-state index in [-0.39, 0.29) is 12.2 Å². The van der Waals surface area contributed by atoms with Crippen LogP contribution in [0.2, 0.25) is 0 Å². The van der Waals surface area contributed by atoms with Crippen molar-refractivity contribution in [3.05, 3.63) is 48.0 Å². The highest BCUT2D eigenvalue weighted by molar-refractivity contribution is 5.91. The number of para-hydroxylation sites is 2. The van der Waals surface area contributed by atoms with Gasteiger partial charge in [-0.1, -0.05) is 18.2 Å². The van der Waals surface area contributed by atoms with E-state index in [1.165, 1.54) is 5.56 Å². The summed E-state index contributed by atoms with van der Waals surface area (Å²) in [6.45, 7) is 3.92. The van der Waals surface area contributed by atoms with Crippen molar-refractivity contribution in [1.29, 1.82) is 0 Å². The van der Waals surface area contributed by atoms with Gasteiger partial charge in [0.15, 0.2) is 11.5 Å². The van der Waals surface area contributed by atoms with E-state index in [2.05, 4.69) is 17.0 Å². The zero-order valence-electron chi connectivity index (χ0n) is 17.8. The molecule has 164 valence electrons. The van der Waals surface area contributed by atoms with E-state index in [1.807, 2.05) is 30.3 Å². The molecule has 31 heavy (non-hydrogen) atoms. The topological polar surface area (TPSA) is 60.5 Å². The number of rotatable bonds is 6. The van der Waals surface area contributed by atoms with Crippen molar-refractivity contribution in [3.63, 3.8) is 0 Å². The molecule has 0 aliphatic carbocycles. The first-order valence-corrected chi connectivity index (χ1v) is 10.9. The molecule has 7 heteroatoms. The number of carbonyl (C=O) groups is 1. The van der Waals surface area contributed by atoms with Gasteiger partial charge >= 0.3 is 6.09 Å². The Balaban J connectivity index is 1.11. The smallest absolute Gasteiger partial charge is 0.414 e. The minimum Gasteiger partial charge on any atom is -0.495 e. The van der Waals surface area contributed by atoms with Crippen LogP contribution in [0.3, 0.4) is 0 Å². The second-order valence-corrected chi connectivity index (χ2v) is 8.31. The van der Waals surface area contributed by atoms with Crippen molar-refractivity contribution in [2.75, 3.05) is 45.0 Å². The van der Waals surface area contributed by atoms with Gasteiger partial charge in [-0.2, -0.15) is 0 Å². The van der Waals surface area contributed by atoms with E-state index in [0.717, 1.165) is 56.1 Å². The molecule has 2 aromatic carbocycles. The lowest BCUT2D eigenvalue weighted by Crippen LogP contribution is -2.35. The maximum Gasteiger partial charge on any atom is 0.414 e. The fourth-order valence-electron chi connectivity index (χ4n) is 4.70. The molecular formula is C24H28N2O5. The zero-order valence-corrected chi connectivity index (χ0v) is 17.8. The largest absolute Gasteiger partial charge is 0.495 e. The van der Waals surface area contributed by atoms with Gasteiger partial charge in [0.1, 0.15) is 11.9 Å². The third-order valence-corrected chi connectivity index (χ3v) is 6.47. The van der Waals surface area contributed by atoms with Gasteiger partial charge in [0.25, 0.3) is 0 Å². The van der Waals surface area contributed by atoms with Crippen LogP contribution in [0.4, 0.5) is 10.5 Å². The molecule has 5 rings (SSSR count). The lowest BCUT2D eigenvalue weighted by molar-refractivity contribution is 0.120. The van der Waals surface area contributed by atoms with Crippen LogP contribution >= 0.6 is 0 Å². The van der Waals surface area contributed by atoms with Crippen molar-refractivity contribution in [1.82, 2.24) is 4.90 Å². The number of methoxy groups -OCH3 is 1. The number of anilines is 1. The number of cyclic esters (lactones) is 1. The second kappa shape index (κ2) is 8.67. The summed E-state index contributed by atoms with van der Waals surface area (Å²) in [6.07, 6.45) is 2.70. The van der Waals surface area contributed by atoms with Crippen LogP contribution in [0.15, 0.2) is 42.5 Å². The third kappa shape index (κ3) is 4.14. The molecule has 1 atom stereocenters. The zero-order chi connectivity index (χ0) is 21.2. The van der Waals surface area contributed by atoms with Crippen molar-refractivity contribution in [2.45, 2.75) is 31.3 Å².